The zero-order valence-corrected chi connectivity index (χ0v) is 22.2. The first-order valence-electron chi connectivity index (χ1n) is 11.3. The number of sulfonamides is 1. The topological polar surface area (TPSA) is 121 Å². The van der Waals surface area contributed by atoms with Crippen molar-refractivity contribution in [2.45, 2.75) is 0 Å². The van der Waals surface area contributed by atoms with E-state index in [0.717, 1.165) is 49.2 Å². The number of fused-ring (bicyclic) bond motifs is 1. The third-order valence-electron chi connectivity index (χ3n) is 5.74. The van der Waals surface area contributed by atoms with Gasteiger partial charge in [0, 0.05) is 43.0 Å². The van der Waals surface area contributed by atoms with E-state index in [9.17, 15) is 13.2 Å². The Morgan fingerprint density at radius 2 is 1.89 bits per heavy atom. The molecule has 2 aromatic carbocycles. The van der Waals surface area contributed by atoms with Crippen LogP contribution in [0, 0.1) is 0 Å². The van der Waals surface area contributed by atoms with E-state index >= 15 is 0 Å². The zero-order chi connectivity index (χ0) is 25.3. The third-order valence-corrected chi connectivity index (χ3v) is 6.58. The van der Waals surface area contributed by atoms with Crippen LogP contribution in [0.2, 0.25) is 5.02 Å². The van der Waals surface area contributed by atoms with E-state index in [0.29, 0.717) is 22.0 Å². The molecule has 1 saturated heterocycles. The maximum Gasteiger partial charge on any atom is 0.274 e. The fourth-order valence-electron chi connectivity index (χ4n) is 4.14. The molecular weight excluding hydrogens is 537 g/mol. The van der Waals surface area contributed by atoms with Crippen LogP contribution in [0.1, 0.15) is 10.5 Å². The van der Waals surface area contributed by atoms with E-state index in [4.69, 9.17) is 11.6 Å². The Labute approximate surface area is 225 Å². The van der Waals surface area contributed by atoms with Gasteiger partial charge in [0.1, 0.15) is 5.69 Å². The third kappa shape index (κ3) is 6.13. The first-order chi connectivity index (χ1) is 17.3. The summed E-state index contributed by atoms with van der Waals surface area (Å²) in [5.74, 6) is -0.427. The highest BCUT2D eigenvalue weighted by atomic mass is 35.5. The number of aromatic nitrogens is 3. The molecule has 4 aromatic rings. The number of benzene rings is 2. The van der Waals surface area contributed by atoms with E-state index in [1.165, 1.54) is 0 Å². The Morgan fingerprint density at radius 1 is 1.11 bits per heavy atom. The molecule has 194 valence electrons. The molecule has 1 aliphatic rings. The van der Waals surface area contributed by atoms with E-state index in [1.54, 1.807) is 47.2 Å². The highest BCUT2D eigenvalue weighted by Crippen LogP contribution is 2.31. The van der Waals surface area contributed by atoms with E-state index in [2.05, 4.69) is 30.3 Å². The molecule has 0 unspecified atom stereocenters. The molecule has 2 aromatic heterocycles. The van der Waals surface area contributed by atoms with Gasteiger partial charge in [-0.2, -0.15) is 5.10 Å². The Hall–Kier alpha value is -3.38. The molecule has 0 atom stereocenters. The average molecular weight is 562 g/mol. The molecule has 37 heavy (non-hydrogen) atoms. The molecule has 0 aliphatic carbocycles. The molecule has 10 nitrogen and oxygen atoms in total. The summed E-state index contributed by atoms with van der Waals surface area (Å²) in [6.45, 7) is 3.13. The first-order valence-corrected chi connectivity index (χ1v) is 13.5. The number of nitrogens with zero attached hydrogens (tertiary/aromatic N) is 4. The molecule has 13 heteroatoms. The lowest BCUT2D eigenvalue weighted by molar-refractivity contribution is 0.102. The largest absolute Gasteiger partial charge is 0.367 e. The van der Waals surface area contributed by atoms with E-state index in [-0.39, 0.29) is 18.1 Å². The van der Waals surface area contributed by atoms with Crippen LogP contribution in [0.25, 0.3) is 16.8 Å². The smallest absolute Gasteiger partial charge is 0.274 e. The van der Waals surface area contributed by atoms with Crippen molar-refractivity contribution in [2.75, 3.05) is 47.4 Å². The van der Waals surface area contributed by atoms with Crippen LogP contribution in [0.4, 0.5) is 17.1 Å². The number of carbonyl (C=O) groups is 1. The fraction of sp³-hybridized carbons (Fsp3) is 0.208. The van der Waals surface area contributed by atoms with Gasteiger partial charge in [-0.1, -0.05) is 23.7 Å². The van der Waals surface area contributed by atoms with Gasteiger partial charge >= 0.3 is 0 Å². The zero-order valence-electron chi connectivity index (χ0n) is 19.8. The lowest BCUT2D eigenvalue weighted by Crippen LogP contribution is -2.43. The van der Waals surface area contributed by atoms with Gasteiger partial charge in [0.2, 0.25) is 10.0 Å². The minimum absolute atomic E-state index is 0. The summed E-state index contributed by atoms with van der Waals surface area (Å²) >= 11 is 6.15. The molecule has 3 heterocycles. The molecule has 1 aliphatic heterocycles. The number of carbonyl (C=O) groups excluding carboxylic acids is 1. The minimum atomic E-state index is -3.48. The van der Waals surface area contributed by atoms with Gasteiger partial charge in [-0.15, -0.1) is 12.4 Å². The molecular formula is C24H25Cl2N7O3S. The van der Waals surface area contributed by atoms with Crippen molar-refractivity contribution in [2.24, 2.45) is 0 Å². The second kappa shape index (κ2) is 10.9. The highest BCUT2D eigenvalue weighted by molar-refractivity contribution is 7.92. The summed E-state index contributed by atoms with van der Waals surface area (Å²) in [4.78, 5) is 20.0. The quantitative estimate of drug-likeness (QED) is 0.329. The van der Waals surface area contributed by atoms with Gasteiger partial charge in [0.15, 0.2) is 5.65 Å². The number of hydrogen-bond acceptors (Lipinski definition) is 7. The predicted octanol–water partition coefficient (Wildman–Crippen LogP) is 3.50. The van der Waals surface area contributed by atoms with Gasteiger partial charge in [0.05, 0.1) is 29.5 Å². The first kappa shape index (κ1) is 26.7. The number of halogens is 2. The normalized spacial score (nSPS) is 13.7. The Kier molecular flexibility index (Phi) is 7.88. The number of rotatable bonds is 6. The summed E-state index contributed by atoms with van der Waals surface area (Å²) in [7, 11) is -3.48. The van der Waals surface area contributed by atoms with Crippen LogP contribution in [0.5, 0.6) is 0 Å². The summed E-state index contributed by atoms with van der Waals surface area (Å²) in [6.07, 6.45) is 4.43. The molecule has 0 radical (unpaired) electrons. The SMILES string of the molecule is CS(=O)(=O)Nc1ccc(N2CCNCC2)c(NC(=O)c2ccn3ncc(-c4cccc(Cl)c4)c3n2)c1.Cl. The molecule has 1 fully saturated rings. The van der Waals surface area contributed by atoms with Crippen LogP contribution in [0.15, 0.2) is 60.9 Å². The van der Waals surface area contributed by atoms with Gasteiger partial charge < -0.3 is 15.5 Å². The lowest BCUT2D eigenvalue weighted by atomic mass is 10.1. The maximum atomic E-state index is 13.3. The highest BCUT2D eigenvalue weighted by Gasteiger charge is 2.19. The van der Waals surface area contributed by atoms with Gasteiger partial charge in [-0.25, -0.2) is 17.9 Å². The minimum Gasteiger partial charge on any atom is -0.367 e. The Morgan fingerprint density at radius 3 is 2.62 bits per heavy atom. The Bertz CT molecular complexity index is 1550. The Balaban J connectivity index is 0.00000320. The van der Waals surface area contributed by atoms with Gasteiger partial charge in [0.25, 0.3) is 5.91 Å². The number of amides is 1. The molecule has 0 spiro atoms. The number of piperazine rings is 1. The van der Waals surface area contributed by atoms with Gasteiger partial charge in [-0.3, -0.25) is 9.52 Å². The fourth-order valence-corrected chi connectivity index (χ4v) is 4.88. The molecule has 0 bridgehead atoms. The second-order valence-corrected chi connectivity index (χ2v) is 10.6. The van der Waals surface area contributed by atoms with Crippen molar-refractivity contribution in [3.05, 3.63) is 71.6 Å². The van der Waals surface area contributed by atoms with E-state index < -0.39 is 15.9 Å². The molecule has 1 amide bonds. The van der Waals surface area contributed by atoms with Crippen LogP contribution < -0.4 is 20.3 Å². The summed E-state index contributed by atoms with van der Waals surface area (Å²) in [5, 5.41) is 11.1. The van der Waals surface area contributed by atoms with E-state index in [1.807, 2.05) is 18.2 Å². The number of hydrogen-bond donors (Lipinski definition) is 3. The van der Waals surface area contributed by atoms with Crippen molar-refractivity contribution in [3.8, 4) is 11.1 Å². The van der Waals surface area contributed by atoms with Crippen LogP contribution in [-0.4, -0.2) is 61.4 Å². The van der Waals surface area contributed by atoms with Crippen molar-refractivity contribution in [1.29, 1.82) is 0 Å². The lowest BCUT2D eigenvalue weighted by Gasteiger charge is -2.31. The summed E-state index contributed by atoms with van der Waals surface area (Å²) in [6, 6.07) is 14.0. The van der Waals surface area contributed by atoms with Crippen molar-refractivity contribution in [1.82, 2.24) is 19.9 Å². The predicted molar refractivity (Wildman–Crippen MR) is 149 cm³/mol. The standard InChI is InChI=1S/C24H24ClN7O3S.ClH/c1-36(34,35)30-18-5-6-22(31-11-8-26-9-12-31)21(14-18)29-24(33)20-7-10-32-23(28-20)19(15-27-32)16-3-2-4-17(25)13-16;/h2-7,10,13-15,26,30H,8-9,11-12H2,1H3,(H,29,33);1H. The number of anilines is 3. The number of nitrogens with one attached hydrogen (secondary N) is 3. The van der Waals surface area contributed by atoms with Crippen LogP contribution in [0.3, 0.4) is 0 Å². The maximum absolute atomic E-state index is 13.3. The van der Waals surface area contributed by atoms with Crippen molar-refractivity contribution in [3.63, 3.8) is 0 Å². The molecule has 0 saturated carbocycles. The van der Waals surface area contributed by atoms with Crippen molar-refractivity contribution >= 4 is 62.6 Å². The molecule has 3 N–H and O–H groups in total. The summed E-state index contributed by atoms with van der Waals surface area (Å²) in [5.41, 5.74) is 3.93. The van der Waals surface area contributed by atoms with Crippen LogP contribution in [-0.2, 0) is 10.0 Å². The van der Waals surface area contributed by atoms with Gasteiger partial charge in [-0.05, 0) is 42.0 Å². The average Bonchev–Trinajstić information content (AvgIpc) is 3.27. The molecule has 5 rings (SSSR count). The van der Waals surface area contributed by atoms with Crippen LogP contribution >= 0.6 is 24.0 Å². The second-order valence-electron chi connectivity index (χ2n) is 8.45. The van der Waals surface area contributed by atoms with Crippen molar-refractivity contribution < 1.29 is 13.2 Å². The summed E-state index contributed by atoms with van der Waals surface area (Å²) < 4.78 is 27.6. The monoisotopic (exact) mass is 561 g/mol.